The van der Waals surface area contributed by atoms with Crippen molar-refractivity contribution < 1.29 is 9.21 Å². The third kappa shape index (κ3) is 1.88. The number of nitrogens with one attached hydrogen (secondary N) is 2. The summed E-state index contributed by atoms with van der Waals surface area (Å²) in [5, 5.41) is 8.93. The minimum absolute atomic E-state index is 0.230. The molecule has 0 aliphatic rings. The quantitative estimate of drug-likeness (QED) is 0.774. The van der Waals surface area contributed by atoms with Gasteiger partial charge in [0.15, 0.2) is 5.89 Å². The van der Waals surface area contributed by atoms with E-state index in [1.165, 1.54) is 6.20 Å². The largest absolute Gasteiger partial charge is 0.436 e. The Hall–Kier alpha value is -2.11. The number of aryl methyl sites for hydroxylation is 2. The average Bonchev–Trinajstić information content (AvgIpc) is 2.75. The maximum absolute atomic E-state index is 11.7. The molecule has 0 aromatic carbocycles. The Morgan fingerprint density at radius 1 is 1.53 bits per heavy atom. The first-order chi connectivity index (χ1) is 7.16. The van der Waals surface area contributed by atoms with Crippen LogP contribution in [0.1, 0.15) is 22.1 Å². The van der Waals surface area contributed by atoms with Gasteiger partial charge in [0.25, 0.3) is 5.91 Å². The smallest absolute Gasteiger partial charge is 0.293 e. The molecule has 0 unspecified atom stereocenters. The molecule has 0 atom stereocenters. The molecular weight excluding hydrogens is 196 g/mol. The lowest BCUT2D eigenvalue weighted by Gasteiger charge is -1.98. The molecule has 2 aromatic heterocycles. The highest BCUT2D eigenvalue weighted by Gasteiger charge is 2.15. The number of carbonyl (C=O) groups excluding carboxylic acids is 1. The van der Waals surface area contributed by atoms with Gasteiger partial charge in [0.2, 0.25) is 5.76 Å². The molecule has 0 saturated heterocycles. The number of hydrogen-bond donors (Lipinski definition) is 2. The topological polar surface area (TPSA) is 83.8 Å². The third-order valence-corrected chi connectivity index (χ3v) is 1.87. The molecule has 0 aliphatic carbocycles. The van der Waals surface area contributed by atoms with Gasteiger partial charge in [0.05, 0.1) is 17.6 Å². The summed E-state index contributed by atoms with van der Waals surface area (Å²) in [7, 11) is 0. The molecular formula is C9H10N4O2. The summed E-state index contributed by atoms with van der Waals surface area (Å²) in [6, 6.07) is 0. The van der Waals surface area contributed by atoms with E-state index in [1.54, 1.807) is 20.0 Å². The van der Waals surface area contributed by atoms with Gasteiger partial charge in [-0.2, -0.15) is 5.10 Å². The molecule has 78 valence electrons. The summed E-state index contributed by atoms with van der Waals surface area (Å²) in [6.07, 6.45) is 3.09. The van der Waals surface area contributed by atoms with Gasteiger partial charge in [-0.25, -0.2) is 4.98 Å². The Bertz CT molecular complexity index is 472. The molecule has 0 fully saturated rings. The summed E-state index contributed by atoms with van der Waals surface area (Å²) in [5.74, 6) is 0.382. The maximum atomic E-state index is 11.7. The van der Waals surface area contributed by atoms with Gasteiger partial charge in [0.1, 0.15) is 0 Å². The molecule has 0 saturated carbocycles. The number of carbonyl (C=O) groups is 1. The van der Waals surface area contributed by atoms with E-state index in [0.717, 1.165) is 0 Å². The first-order valence-electron chi connectivity index (χ1n) is 4.41. The number of aromatic nitrogens is 3. The van der Waals surface area contributed by atoms with Crippen LogP contribution in [0.2, 0.25) is 0 Å². The number of anilines is 1. The minimum Gasteiger partial charge on any atom is -0.436 e. The highest BCUT2D eigenvalue weighted by Crippen LogP contribution is 2.12. The Balaban J connectivity index is 2.18. The number of H-pyrrole nitrogens is 1. The van der Waals surface area contributed by atoms with Crippen LogP contribution in [0.3, 0.4) is 0 Å². The Morgan fingerprint density at radius 2 is 2.33 bits per heavy atom. The van der Waals surface area contributed by atoms with Gasteiger partial charge in [-0.3, -0.25) is 9.89 Å². The molecule has 6 heteroatoms. The third-order valence-electron chi connectivity index (χ3n) is 1.87. The summed E-state index contributed by atoms with van der Waals surface area (Å²) < 4.78 is 5.17. The first-order valence-corrected chi connectivity index (χ1v) is 4.41. The van der Waals surface area contributed by atoms with Crippen LogP contribution in [-0.2, 0) is 0 Å². The van der Waals surface area contributed by atoms with Crippen LogP contribution in [0, 0.1) is 13.8 Å². The van der Waals surface area contributed by atoms with Crippen LogP contribution in [0.4, 0.5) is 5.69 Å². The fraction of sp³-hybridized carbons (Fsp3) is 0.222. The van der Waals surface area contributed by atoms with Crippen LogP contribution >= 0.6 is 0 Å². The van der Waals surface area contributed by atoms with Crippen molar-refractivity contribution >= 4 is 11.6 Å². The normalized spacial score (nSPS) is 10.3. The van der Waals surface area contributed by atoms with E-state index in [0.29, 0.717) is 17.3 Å². The summed E-state index contributed by atoms with van der Waals surface area (Å²) >= 11 is 0. The van der Waals surface area contributed by atoms with E-state index in [9.17, 15) is 4.79 Å². The fourth-order valence-electron chi connectivity index (χ4n) is 1.25. The Kier molecular flexibility index (Phi) is 2.24. The van der Waals surface area contributed by atoms with E-state index in [-0.39, 0.29) is 11.7 Å². The molecule has 6 nitrogen and oxygen atoms in total. The lowest BCUT2D eigenvalue weighted by Crippen LogP contribution is -2.11. The molecule has 0 spiro atoms. The average molecular weight is 206 g/mol. The molecule has 15 heavy (non-hydrogen) atoms. The van der Waals surface area contributed by atoms with Crippen molar-refractivity contribution in [2.45, 2.75) is 13.8 Å². The predicted octanol–water partition coefficient (Wildman–Crippen LogP) is 1.27. The number of nitrogens with zero attached hydrogens (tertiary/aromatic N) is 2. The van der Waals surface area contributed by atoms with Gasteiger partial charge in [-0.15, -0.1) is 0 Å². The second-order valence-corrected chi connectivity index (χ2v) is 3.09. The molecule has 1 amide bonds. The monoisotopic (exact) mass is 206 g/mol. The molecule has 0 radical (unpaired) electrons. The number of hydrogen-bond acceptors (Lipinski definition) is 4. The van der Waals surface area contributed by atoms with Gasteiger partial charge >= 0.3 is 0 Å². The van der Waals surface area contributed by atoms with Crippen molar-refractivity contribution in [2.24, 2.45) is 0 Å². The van der Waals surface area contributed by atoms with E-state index < -0.39 is 0 Å². The molecule has 0 bridgehead atoms. The molecule has 2 aromatic rings. The van der Waals surface area contributed by atoms with E-state index >= 15 is 0 Å². The number of amides is 1. The number of aromatic amines is 1. The minimum atomic E-state index is -0.325. The summed E-state index contributed by atoms with van der Waals surface area (Å²) in [5.41, 5.74) is 1.17. The first kappa shape index (κ1) is 9.45. The zero-order valence-corrected chi connectivity index (χ0v) is 8.37. The summed E-state index contributed by atoms with van der Waals surface area (Å²) in [6.45, 7) is 3.42. The second-order valence-electron chi connectivity index (χ2n) is 3.09. The van der Waals surface area contributed by atoms with Gasteiger partial charge < -0.3 is 9.73 Å². The molecule has 0 aliphatic heterocycles. The van der Waals surface area contributed by atoms with E-state index in [1.807, 2.05) is 0 Å². The lowest BCUT2D eigenvalue weighted by molar-refractivity contribution is 0.0994. The van der Waals surface area contributed by atoms with Crippen molar-refractivity contribution in [1.82, 2.24) is 15.2 Å². The summed E-state index contributed by atoms with van der Waals surface area (Å²) in [4.78, 5) is 15.7. The van der Waals surface area contributed by atoms with Crippen LogP contribution in [0.15, 0.2) is 16.8 Å². The number of oxazole rings is 1. The van der Waals surface area contributed by atoms with E-state index in [2.05, 4.69) is 20.5 Å². The van der Waals surface area contributed by atoms with Crippen molar-refractivity contribution in [3.63, 3.8) is 0 Å². The van der Waals surface area contributed by atoms with Crippen LogP contribution in [0.5, 0.6) is 0 Å². The fourth-order valence-corrected chi connectivity index (χ4v) is 1.25. The number of rotatable bonds is 2. The second kappa shape index (κ2) is 3.56. The molecule has 2 heterocycles. The Morgan fingerprint density at radius 3 is 2.87 bits per heavy atom. The maximum Gasteiger partial charge on any atom is 0.293 e. The van der Waals surface area contributed by atoms with E-state index in [4.69, 9.17) is 4.42 Å². The van der Waals surface area contributed by atoms with Gasteiger partial charge in [-0.05, 0) is 6.92 Å². The van der Waals surface area contributed by atoms with Crippen LogP contribution in [0.25, 0.3) is 0 Å². The van der Waals surface area contributed by atoms with Crippen molar-refractivity contribution in [3.8, 4) is 0 Å². The zero-order chi connectivity index (χ0) is 10.8. The van der Waals surface area contributed by atoms with Gasteiger partial charge in [0, 0.05) is 13.1 Å². The van der Waals surface area contributed by atoms with Gasteiger partial charge in [-0.1, -0.05) is 0 Å². The van der Waals surface area contributed by atoms with Crippen LogP contribution in [-0.4, -0.2) is 21.1 Å². The van der Waals surface area contributed by atoms with Crippen molar-refractivity contribution in [2.75, 3.05) is 5.32 Å². The SMILES string of the molecule is Cc1nc(C)c(C(=O)Nc2cn[nH]c2)o1. The zero-order valence-electron chi connectivity index (χ0n) is 8.37. The van der Waals surface area contributed by atoms with Crippen molar-refractivity contribution in [3.05, 3.63) is 29.7 Å². The highest BCUT2D eigenvalue weighted by atomic mass is 16.4. The highest BCUT2D eigenvalue weighted by molar-refractivity contribution is 6.02. The standard InChI is InChI=1S/C9H10N4O2/c1-5-8(15-6(2)12-5)9(14)13-7-3-10-11-4-7/h3-4H,1-2H3,(H,10,11)(H,13,14). The predicted molar refractivity (Wildman–Crippen MR) is 52.5 cm³/mol. The van der Waals surface area contributed by atoms with Crippen molar-refractivity contribution in [1.29, 1.82) is 0 Å². The Labute approximate surface area is 85.7 Å². The molecule has 2 N–H and O–H groups in total. The van der Waals surface area contributed by atoms with Crippen LogP contribution < -0.4 is 5.32 Å². The lowest BCUT2D eigenvalue weighted by atomic mass is 10.3. The molecule has 2 rings (SSSR count).